The first-order valence-electron chi connectivity index (χ1n) is 9.16. The third-order valence-electron chi connectivity index (χ3n) is 5.02. The Morgan fingerprint density at radius 2 is 1.93 bits per heavy atom. The first-order valence-corrected chi connectivity index (χ1v) is 9.54. The third-order valence-corrected chi connectivity index (χ3v) is 5.25. The average Bonchev–Trinajstić information content (AvgIpc) is 3.31. The summed E-state index contributed by atoms with van der Waals surface area (Å²) in [4.78, 5) is 27.0. The highest BCUT2D eigenvalue weighted by atomic mass is 35.5. The molecule has 1 aliphatic rings. The number of likely N-dealkylation sites (tertiary alicyclic amines) is 1. The summed E-state index contributed by atoms with van der Waals surface area (Å²) in [5, 5.41) is 5.93. The number of nitrogens with one attached hydrogen (secondary N) is 2. The van der Waals surface area contributed by atoms with Gasteiger partial charge >= 0.3 is 11.8 Å². The number of anilines is 1. The topological polar surface area (TPSA) is 66.4 Å². The second kappa shape index (κ2) is 8.59. The van der Waals surface area contributed by atoms with Gasteiger partial charge < -0.3 is 15.2 Å². The Hall–Kier alpha value is -2.31. The number of rotatable bonds is 5. The molecular formula is C20H25ClN4O2. The van der Waals surface area contributed by atoms with Crippen molar-refractivity contribution in [3.8, 4) is 0 Å². The molecule has 1 aliphatic heterocycles. The Morgan fingerprint density at radius 3 is 2.59 bits per heavy atom. The maximum absolute atomic E-state index is 12.3. The maximum Gasteiger partial charge on any atom is 0.313 e. The van der Waals surface area contributed by atoms with Crippen molar-refractivity contribution in [2.24, 2.45) is 7.05 Å². The molecule has 2 N–H and O–H groups in total. The zero-order valence-corrected chi connectivity index (χ0v) is 16.4. The van der Waals surface area contributed by atoms with Crippen molar-refractivity contribution in [2.45, 2.75) is 25.8 Å². The van der Waals surface area contributed by atoms with E-state index in [0.717, 1.165) is 37.2 Å². The van der Waals surface area contributed by atoms with E-state index in [0.29, 0.717) is 17.3 Å². The molecule has 0 radical (unpaired) electrons. The minimum Gasteiger partial charge on any atom is -0.353 e. The van der Waals surface area contributed by atoms with Gasteiger partial charge in [-0.05, 0) is 62.7 Å². The van der Waals surface area contributed by atoms with Crippen LogP contribution in [0.15, 0.2) is 36.5 Å². The van der Waals surface area contributed by atoms with Crippen LogP contribution in [0.4, 0.5) is 5.69 Å². The van der Waals surface area contributed by atoms with E-state index in [1.807, 2.05) is 26.2 Å². The summed E-state index contributed by atoms with van der Waals surface area (Å²) in [5.41, 5.74) is 2.52. The Balaban J connectivity index is 1.64. The van der Waals surface area contributed by atoms with E-state index in [1.165, 1.54) is 0 Å². The number of aromatic nitrogens is 1. The Morgan fingerprint density at radius 1 is 1.19 bits per heavy atom. The molecule has 3 rings (SSSR count). The van der Waals surface area contributed by atoms with Crippen molar-refractivity contribution in [1.29, 1.82) is 0 Å². The molecule has 0 aliphatic carbocycles. The first kappa shape index (κ1) is 19.5. The third kappa shape index (κ3) is 4.70. The lowest BCUT2D eigenvalue weighted by molar-refractivity contribution is -0.136. The van der Waals surface area contributed by atoms with Crippen LogP contribution in [-0.2, 0) is 16.6 Å². The van der Waals surface area contributed by atoms with E-state index >= 15 is 0 Å². The Kier molecular flexibility index (Phi) is 6.19. The van der Waals surface area contributed by atoms with E-state index in [4.69, 9.17) is 11.6 Å². The van der Waals surface area contributed by atoms with Crippen molar-refractivity contribution in [1.82, 2.24) is 14.8 Å². The second-order valence-corrected chi connectivity index (χ2v) is 7.36. The predicted molar refractivity (Wildman–Crippen MR) is 107 cm³/mol. The van der Waals surface area contributed by atoms with Gasteiger partial charge in [-0.2, -0.15) is 0 Å². The molecule has 2 heterocycles. The monoisotopic (exact) mass is 388 g/mol. The van der Waals surface area contributed by atoms with Gasteiger partial charge in [0.2, 0.25) is 0 Å². The summed E-state index contributed by atoms with van der Waals surface area (Å²) in [6.07, 6.45) is 4.31. The Labute approximate surface area is 164 Å². The zero-order valence-electron chi connectivity index (χ0n) is 15.7. The normalized spacial score (nSPS) is 15.5. The predicted octanol–water partition coefficient (Wildman–Crippen LogP) is 2.88. The van der Waals surface area contributed by atoms with E-state index < -0.39 is 11.8 Å². The van der Waals surface area contributed by atoms with Crippen LogP contribution in [0.3, 0.4) is 0 Å². The van der Waals surface area contributed by atoms with Crippen molar-refractivity contribution in [3.05, 3.63) is 52.8 Å². The molecule has 27 heavy (non-hydrogen) atoms. The number of carbonyl (C=O) groups is 2. The van der Waals surface area contributed by atoms with Crippen LogP contribution in [0.25, 0.3) is 0 Å². The fourth-order valence-corrected chi connectivity index (χ4v) is 3.64. The van der Waals surface area contributed by atoms with Crippen LogP contribution in [0.5, 0.6) is 0 Å². The largest absolute Gasteiger partial charge is 0.353 e. The number of nitrogens with zero attached hydrogens (tertiary/aromatic N) is 2. The molecule has 2 amide bonds. The fourth-order valence-electron chi connectivity index (χ4n) is 3.47. The maximum atomic E-state index is 12.3. The number of amides is 2. The van der Waals surface area contributed by atoms with E-state index in [-0.39, 0.29) is 6.04 Å². The molecule has 0 bridgehead atoms. The SMILES string of the molecule is Cc1ccc(Cl)cc1NC(=O)C(=O)NCC(c1cccn1C)N1CCCC1. The molecule has 2 aromatic rings. The molecule has 7 heteroatoms. The van der Waals surface area contributed by atoms with Crippen molar-refractivity contribution in [2.75, 3.05) is 25.0 Å². The van der Waals surface area contributed by atoms with Crippen LogP contribution in [0.2, 0.25) is 5.02 Å². The molecule has 1 aromatic heterocycles. The van der Waals surface area contributed by atoms with E-state index in [1.54, 1.807) is 18.2 Å². The molecule has 6 nitrogen and oxygen atoms in total. The molecule has 1 saturated heterocycles. The van der Waals surface area contributed by atoms with Gasteiger partial charge in [0.25, 0.3) is 0 Å². The zero-order chi connectivity index (χ0) is 19.4. The number of hydrogen-bond acceptors (Lipinski definition) is 3. The van der Waals surface area contributed by atoms with Crippen molar-refractivity contribution >= 4 is 29.1 Å². The first-order chi connectivity index (χ1) is 13.0. The van der Waals surface area contributed by atoms with E-state index in [2.05, 4.69) is 26.2 Å². The smallest absolute Gasteiger partial charge is 0.313 e. The summed E-state index contributed by atoms with van der Waals surface area (Å²) in [6, 6.07) is 9.29. The van der Waals surface area contributed by atoms with E-state index in [9.17, 15) is 9.59 Å². The number of benzene rings is 1. The van der Waals surface area contributed by atoms with Crippen molar-refractivity contribution in [3.63, 3.8) is 0 Å². The lowest BCUT2D eigenvalue weighted by atomic mass is 10.1. The lowest BCUT2D eigenvalue weighted by Gasteiger charge is -2.28. The molecule has 1 aromatic carbocycles. The quantitative estimate of drug-likeness (QED) is 0.774. The van der Waals surface area contributed by atoms with Gasteiger partial charge in [-0.25, -0.2) is 0 Å². The second-order valence-electron chi connectivity index (χ2n) is 6.93. The molecule has 1 unspecified atom stereocenters. The molecule has 1 fully saturated rings. The van der Waals surface area contributed by atoms with Gasteiger partial charge in [-0.15, -0.1) is 0 Å². The highest BCUT2D eigenvalue weighted by Gasteiger charge is 2.26. The summed E-state index contributed by atoms with van der Waals surface area (Å²) in [5.74, 6) is -1.33. The summed E-state index contributed by atoms with van der Waals surface area (Å²) >= 11 is 5.97. The number of carbonyl (C=O) groups excluding carboxylic acids is 2. The molecule has 144 valence electrons. The van der Waals surface area contributed by atoms with Gasteiger partial charge in [-0.3, -0.25) is 14.5 Å². The molecule has 0 saturated carbocycles. The number of aryl methyl sites for hydroxylation is 2. The van der Waals surface area contributed by atoms with Crippen LogP contribution in [0, 0.1) is 6.92 Å². The van der Waals surface area contributed by atoms with Gasteiger partial charge in [0.1, 0.15) is 0 Å². The van der Waals surface area contributed by atoms with Crippen LogP contribution < -0.4 is 10.6 Å². The van der Waals surface area contributed by atoms with Gasteiger partial charge in [-0.1, -0.05) is 17.7 Å². The fraction of sp³-hybridized carbons (Fsp3) is 0.400. The molecular weight excluding hydrogens is 364 g/mol. The molecule has 0 spiro atoms. The average molecular weight is 389 g/mol. The molecule has 1 atom stereocenters. The van der Waals surface area contributed by atoms with Crippen molar-refractivity contribution < 1.29 is 9.59 Å². The van der Waals surface area contributed by atoms with Gasteiger partial charge in [0.15, 0.2) is 0 Å². The summed E-state index contributed by atoms with van der Waals surface area (Å²) in [6.45, 7) is 4.24. The minimum atomic E-state index is -0.688. The highest BCUT2D eigenvalue weighted by Crippen LogP contribution is 2.25. The minimum absolute atomic E-state index is 0.0529. The van der Waals surface area contributed by atoms with Crippen LogP contribution >= 0.6 is 11.6 Å². The van der Waals surface area contributed by atoms with Gasteiger partial charge in [0, 0.05) is 36.2 Å². The highest BCUT2D eigenvalue weighted by molar-refractivity contribution is 6.40. The van der Waals surface area contributed by atoms with Crippen LogP contribution in [0.1, 0.15) is 30.1 Å². The summed E-state index contributed by atoms with van der Waals surface area (Å²) in [7, 11) is 1.99. The standard InChI is InChI=1S/C20H25ClN4O2/c1-14-7-8-15(21)12-16(14)23-20(27)19(26)22-13-18(25-10-3-4-11-25)17-6-5-9-24(17)2/h5-9,12,18H,3-4,10-11,13H2,1-2H3,(H,22,26)(H,23,27). The van der Waals surface area contributed by atoms with Gasteiger partial charge in [0.05, 0.1) is 6.04 Å². The summed E-state index contributed by atoms with van der Waals surface area (Å²) < 4.78 is 2.06. The number of hydrogen-bond donors (Lipinski definition) is 2. The Bertz CT molecular complexity index is 827. The lowest BCUT2D eigenvalue weighted by Crippen LogP contribution is -2.42. The van der Waals surface area contributed by atoms with Crippen LogP contribution in [-0.4, -0.2) is 40.9 Å². The number of halogens is 1.